The molecule has 1 aromatic carbocycles. The van der Waals surface area contributed by atoms with Crippen molar-refractivity contribution in [3.8, 4) is 11.5 Å². The summed E-state index contributed by atoms with van der Waals surface area (Å²) in [6, 6.07) is 5.03. The average Bonchev–Trinajstić information content (AvgIpc) is 3.08. The van der Waals surface area contributed by atoms with Crippen LogP contribution in [0, 0.1) is 0 Å². The highest BCUT2D eigenvalue weighted by atomic mass is 16.5. The molecular weight excluding hydrogens is 284 g/mol. The fraction of sp³-hybridized carbons (Fsp3) is 0.500. The van der Waals surface area contributed by atoms with Crippen molar-refractivity contribution in [2.45, 2.75) is 37.8 Å². The number of nitrogens with one attached hydrogen (secondary N) is 1. The maximum absolute atomic E-state index is 12.7. The summed E-state index contributed by atoms with van der Waals surface area (Å²) < 4.78 is 10.5. The van der Waals surface area contributed by atoms with Crippen molar-refractivity contribution in [3.05, 3.63) is 23.8 Å². The molecular formula is C16H20N2O4. The van der Waals surface area contributed by atoms with Gasteiger partial charge in [0.25, 0.3) is 5.91 Å². The van der Waals surface area contributed by atoms with Gasteiger partial charge in [-0.05, 0) is 31.0 Å². The standard InChI is InChI=1S/C16H20N2O4/c1-21-12-5-6-13(22-2)11(9-12)10-18-14(19)16(17-15(18)20)7-3-4-8-16/h5-6,9H,3-4,7-8,10H2,1-2H3,(H,17,20). The van der Waals surface area contributed by atoms with Crippen LogP contribution >= 0.6 is 0 Å². The minimum absolute atomic E-state index is 0.125. The monoisotopic (exact) mass is 304 g/mol. The number of hydrogen-bond acceptors (Lipinski definition) is 4. The Labute approximate surface area is 129 Å². The van der Waals surface area contributed by atoms with Crippen LogP contribution in [0.3, 0.4) is 0 Å². The third-order valence-electron chi connectivity index (χ3n) is 4.52. The van der Waals surface area contributed by atoms with Gasteiger partial charge in [0.1, 0.15) is 17.0 Å². The van der Waals surface area contributed by atoms with E-state index in [0.717, 1.165) is 31.2 Å². The molecule has 1 heterocycles. The zero-order valence-corrected chi connectivity index (χ0v) is 12.8. The fourth-order valence-corrected chi connectivity index (χ4v) is 3.31. The van der Waals surface area contributed by atoms with Crippen LogP contribution in [0.15, 0.2) is 18.2 Å². The van der Waals surface area contributed by atoms with Crippen LogP contribution in [0.1, 0.15) is 31.2 Å². The SMILES string of the molecule is COc1ccc(OC)c(CN2C(=O)NC3(CCCC3)C2=O)c1. The van der Waals surface area contributed by atoms with E-state index in [9.17, 15) is 9.59 Å². The molecule has 2 aliphatic rings. The molecule has 1 spiro atoms. The third-order valence-corrected chi connectivity index (χ3v) is 4.52. The molecule has 1 saturated heterocycles. The van der Waals surface area contributed by atoms with E-state index in [2.05, 4.69) is 5.32 Å². The number of methoxy groups -OCH3 is 2. The molecule has 0 aromatic heterocycles. The molecule has 6 heteroatoms. The highest BCUT2D eigenvalue weighted by molar-refractivity contribution is 6.07. The number of imide groups is 1. The van der Waals surface area contributed by atoms with Crippen molar-refractivity contribution in [3.63, 3.8) is 0 Å². The van der Waals surface area contributed by atoms with Crippen LogP contribution in [-0.4, -0.2) is 36.6 Å². The number of ether oxygens (including phenoxy) is 2. The van der Waals surface area contributed by atoms with Gasteiger partial charge in [-0.2, -0.15) is 0 Å². The summed E-state index contributed by atoms with van der Waals surface area (Å²) in [6.45, 7) is 0.187. The second-order valence-electron chi connectivity index (χ2n) is 5.79. The molecule has 0 unspecified atom stereocenters. The summed E-state index contributed by atoms with van der Waals surface area (Å²) in [5, 5.41) is 2.88. The van der Waals surface area contributed by atoms with E-state index in [1.54, 1.807) is 32.4 Å². The predicted octanol–water partition coefficient (Wildman–Crippen LogP) is 2.07. The third kappa shape index (κ3) is 2.28. The zero-order valence-electron chi connectivity index (χ0n) is 12.8. The Balaban J connectivity index is 1.86. The summed E-state index contributed by atoms with van der Waals surface area (Å²) in [6.07, 6.45) is 3.40. The van der Waals surface area contributed by atoms with E-state index in [0.29, 0.717) is 11.5 Å². The molecule has 1 N–H and O–H groups in total. The molecule has 3 rings (SSSR count). The number of urea groups is 1. The quantitative estimate of drug-likeness (QED) is 0.865. The molecule has 6 nitrogen and oxygen atoms in total. The van der Waals surface area contributed by atoms with E-state index < -0.39 is 5.54 Å². The first-order valence-corrected chi connectivity index (χ1v) is 7.45. The maximum Gasteiger partial charge on any atom is 0.325 e. The van der Waals surface area contributed by atoms with E-state index in [4.69, 9.17) is 9.47 Å². The van der Waals surface area contributed by atoms with Crippen molar-refractivity contribution >= 4 is 11.9 Å². The number of carbonyl (C=O) groups is 2. The lowest BCUT2D eigenvalue weighted by atomic mass is 9.98. The van der Waals surface area contributed by atoms with Crippen molar-refractivity contribution in [1.29, 1.82) is 0 Å². The van der Waals surface area contributed by atoms with Crippen LogP contribution in [0.25, 0.3) is 0 Å². The molecule has 22 heavy (non-hydrogen) atoms. The summed E-state index contributed by atoms with van der Waals surface area (Å²) >= 11 is 0. The smallest absolute Gasteiger partial charge is 0.325 e. The van der Waals surface area contributed by atoms with E-state index in [1.165, 1.54) is 4.90 Å². The fourth-order valence-electron chi connectivity index (χ4n) is 3.31. The number of benzene rings is 1. The first kappa shape index (κ1) is 14.7. The number of amides is 3. The van der Waals surface area contributed by atoms with Gasteiger partial charge < -0.3 is 14.8 Å². The van der Waals surface area contributed by atoms with Crippen LogP contribution in [0.4, 0.5) is 4.79 Å². The van der Waals surface area contributed by atoms with Crippen LogP contribution in [-0.2, 0) is 11.3 Å². The lowest BCUT2D eigenvalue weighted by Crippen LogP contribution is -2.44. The van der Waals surface area contributed by atoms with E-state index in [1.807, 2.05) is 0 Å². The lowest BCUT2D eigenvalue weighted by Gasteiger charge is -2.20. The first-order chi connectivity index (χ1) is 10.6. The van der Waals surface area contributed by atoms with Gasteiger partial charge in [0.15, 0.2) is 0 Å². The predicted molar refractivity (Wildman–Crippen MR) is 79.8 cm³/mol. The summed E-state index contributed by atoms with van der Waals surface area (Å²) in [4.78, 5) is 26.2. The Morgan fingerprint density at radius 2 is 1.91 bits per heavy atom. The highest BCUT2D eigenvalue weighted by Gasteiger charge is 2.52. The number of hydrogen-bond donors (Lipinski definition) is 1. The van der Waals surface area contributed by atoms with E-state index in [-0.39, 0.29) is 18.5 Å². The number of nitrogens with zero attached hydrogens (tertiary/aromatic N) is 1. The van der Waals surface area contributed by atoms with Gasteiger partial charge in [-0.15, -0.1) is 0 Å². The van der Waals surface area contributed by atoms with Crippen molar-refractivity contribution in [2.75, 3.05) is 14.2 Å². The second-order valence-corrected chi connectivity index (χ2v) is 5.79. The minimum atomic E-state index is -0.677. The number of carbonyl (C=O) groups excluding carboxylic acids is 2. The van der Waals surface area contributed by atoms with Gasteiger partial charge in [-0.3, -0.25) is 9.69 Å². The van der Waals surface area contributed by atoms with Gasteiger partial charge in [0.05, 0.1) is 20.8 Å². The summed E-state index contributed by atoms with van der Waals surface area (Å²) in [5.41, 5.74) is 0.0730. The van der Waals surface area contributed by atoms with Crippen LogP contribution in [0.5, 0.6) is 11.5 Å². The Morgan fingerprint density at radius 3 is 2.55 bits per heavy atom. The molecule has 118 valence electrons. The Morgan fingerprint density at radius 1 is 1.18 bits per heavy atom. The summed E-state index contributed by atoms with van der Waals surface area (Å²) in [5.74, 6) is 1.17. The molecule has 3 amide bonds. The van der Waals surface area contributed by atoms with E-state index >= 15 is 0 Å². The number of rotatable bonds is 4. The van der Waals surface area contributed by atoms with Crippen LogP contribution < -0.4 is 14.8 Å². The molecule has 0 bridgehead atoms. The van der Waals surface area contributed by atoms with Gasteiger partial charge in [0.2, 0.25) is 0 Å². The Bertz CT molecular complexity index is 608. The lowest BCUT2D eigenvalue weighted by molar-refractivity contribution is -0.131. The highest BCUT2D eigenvalue weighted by Crippen LogP contribution is 2.36. The van der Waals surface area contributed by atoms with Gasteiger partial charge in [-0.25, -0.2) is 4.79 Å². The molecule has 0 atom stereocenters. The normalized spacial score (nSPS) is 19.6. The van der Waals surface area contributed by atoms with Crippen molar-refractivity contribution in [1.82, 2.24) is 10.2 Å². The molecule has 1 aliphatic heterocycles. The van der Waals surface area contributed by atoms with Crippen molar-refractivity contribution in [2.24, 2.45) is 0 Å². The zero-order chi connectivity index (χ0) is 15.7. The average molecular weight is 304 g/mol. The van der Waals surface area contributed by atoms with Gasteiger partial charge >= 0.3 is 6.03 Å². The first-order valence-electron chi connectivity index (χ1n) is 7.45. The minimum Gasteiger partial charge on any atom is -0.497 e. The molecule has 1 aliphatic carbocycles. The van der Waals surface area contributed by atoms with Gasteiger partial charge in [-0.1, -0.05) is 12.8 Å². The topological polar surface area (TPSA) is 67.9 Å². The van der Waals surface area contributed by atoms with Crippen molar-refractivity contribution < 1.29 is 19.1 Å². The summed E-state index contributed by atoms with van der Waals surface area (Å²) in [7, 11) is 3.14. The Kier molecular flexibility index (Phi) is 3.68. The second kappa shape index (κ2) is 5.51. The largest absolute Gasteiger partial charge is 0.497 e. The Hall–Kier alpha value is -2.24. The van der Waals surface area contributed by atoms with Gasteiger partial charge in [0, 0.05) is 5.56 Å². The molecule has 1 saturated carbocycles. The molecule has 0 radical (unpaired) electrons. The maximum atomic E-state index is 12.7. The molecule has 2 fully saturated rings. The molecule has 1 aromatic rings. The van der Waals surface area contributed by atoms with Crippen LogP contribution in [0.2, 0.25) is 0 Å².